The maximum absolute atomic E-state index is 12.1. The predicted octanol–water partition coefficient (Wildman–Crippen LogP) is 2.82. The highest BCUT2D eigenvalue weighted by Crippen LogP contribution is 2.41. The number of hydrogen-bond donors (Lipinski definition) is 2. The lowest BCUT2D eigenvalue weighted by Crippen LogP contribution is -2.33. The molecule has 1 aromatic heterocycles. The van der Waals surface area contributed by atoms with Crippen LogP contribution in [0.2, 0.25) is 0 Å². The van der Waals surface area contributed by atoms with Crippen molar-refractivity contribution in [2.75, 3.05) is 12.4 Å². The van der Waals surface area contributed by atoms with E-state index < -0.39 is 0 Å². The van der Waals surface area contributed by atoms with Crippen molar-refractivity contribution in [2.45, 2.75) is 18.9 Å². The summed E-state index contributed by atoms with van der Waals surface area (Å²) in [6.07, 6.45) is 3.81. The minimum atomic E-state index is -0.228. The van der Waals surface area contributed by atoms with E-state index in [2.05, 4.69) is 20.2 Å². The molecule has 1 fully saturated rings. The minimum absolute atomic E-state index is 0.0248. The van der Waals surface area contributed by atoms with Gasteiger partial charge in [0.05, 0.1) is 19.3 Å². The van der Waals surface area contributed by atoms with Gasteiger partial charge < -0.3 is 10.1 Å². The highest BCUT2D eigenvalue weighted by Gasteiger charge is 2.33. The number of rotatable bonds is 5. The van der Waals surface area contributed by atoms with Gasteiger partial charge in [-0.1, -0.05) is 16.6 Å². The number of aromatic nitrogens is 2. The number of ether oxygens (including phenoxy) is 1. The fourth-order valence-corrected chi connectivity index (χ4v) is 2.64. The summed E-state index contributed by atoms with van der Waals surface area (Å²) in [5.74, 6) is 1.32. The van der Waals surface area contributed by atoms with Crippen molar-refractivity contribution in [3.63, 3.8) is 0 Å². The van der Waals surface area contributed by atoms with E-state index in [9.17, 15) is 4.79 Å². The summed E-state index contributed by atoms with van der Waals surface area (Å²) in [5.41, 5.74) is 1.09. The Morgan fingerprint density at radius 3 is 2.71 bits per heavy atom. The molecule has 0 bridgehead atoms. The van der Waals surface area contributed by atoms with Crippen LogP contribution in [0.3, 0.4) is 0 Å². The molecule has 0 radical (unpaired) electrons. The van der Waals surface area contributed by atoms with Gasteiger partial charge in [-0.05, 0) is 36.5 Å². The van der Waals surface area contributed by atoms with Crippen molar-refractivity contribution in [3.05, 3.63) is 36.0 Å². The van der Waals surface area contributed by atoms with Crippen LogP contribution in [0.15, 0.2) is 30.5 Å². The molecule has 0 aliphatic heterocycles. The Morgan fingerprint density at radius 2 is 2.14 bits per heavy atom. The molecule has 21 heavy (non-hydrogen) atoms. The Labute approximate surface area is 126 Å². The zero-order valence-corrected chi connectivity index (χ0v) is 12.4. The molecular weight excluding hydrogens is 288 g/mol. The number of nitrogens with one attached hydrogen (secondary N) is 2. The average Bonchev–Trinajstić information content (AvgIpc) is 3.23. The molecule has 7 heteroatoms. The van der Waals surface area contributed by atoms with E-state index in [-0.39, 0.29) is 12.1 Å². The van der Waals surface area contributed by atoms with Gasteiger partial charge in [-0.15, -0.1) is 5.10 Å². The number of methoxy groups -OCH3 is 1. The van der Waals surface area contributed by atoms with Gasteiger partial charge in [-0.3, -0.25) is 5.32 Å². The summed E-state index contributed by atoms with van der Waals surface area (Å²) in [7, 11) is 1.64. The van der Waals surface area contributed by atoms with E-state index in [1.54, 1.807) is 7.11 Å². The molecule has 2 amide bonds. The number of urea groups is 1. The summed E-state index contributed by atoms with van der Waals surface area (Å²) < 4.78 is 8.88. The van der Waals surface area contributed by atoms with E-state index in [0.717, 1.165) is 35.7 Å². The Morgan fingerprint density at radius 1 is 1.38 bits per heavy atom. The highest BCUT2D eigenvalue weighted by atomic mass is 32.1. The first-order valence-electron chi connectivity index (χ1n) is 6.75. The number of carbonyl (C=O) groups excluding carboxylic acids is 1. The molecule has 1 unspecified atom stereocenters. The maximum atomic E-state index is 12.1. The second kappa shape index (κ2) is 6.09. The third-order valence-electron chi connectivity index (χ3n) is 3.45. The van der Waals surface area contributed by atoms with Crippen LogP contribution in [0, 0.1) is 5.92 Å². The maximum Gasteiger partial charge on any atom is 0.320 e. The largest absolute Gasteiger partial charge is 0.497 e. The van der Waals surface area contributed by atoms with Crippen molar-refractivity contribution in [3.8, 4) is 5.75 Å². The van der Waals surface area contributed by atoms with Crippen LogP contribution in [-0.4, -0.2) is 22.7 Å². The highest BCUT2D eigenvalue weighted by molar-refractivity contribution is 7.10. The zero-order valence-electron chi connectivity index (χ0n) is 11.6. The van der Waals surface area contributed by atoms with Crippen LogP contribution in [0.25, 0.3) is 0 Å². The lowest BCUT2D eigenvalue weighted by Gasteiger charge is -2.19. The van der Waals surface area contributed by atoms with E-state index in [1.807, 2.05) is 24.3 Å². The smallest absolute Gasteiger partial charge is 0.320 e. The summed E-state index contributed by atoms with van der Waals surface area (Å²) in [5, 5.41) is 10.1. The van der Waals surface area contributed by atoms with Crippen molar-refractivity contribution < 1.29 is 9.53 Å². The van der Waals surface area contributed by atoms with Crippen molar-refractivity contribution in [1.29, 1.82) is 0 Å². The van der Waals surface area contributed by atoms with Gasteiger partial charge in [0, 0.05) is 11.5 Å². The van der Waals surface area contributed by atoms with Gasteiger partial charge in [0.1, 0.15) is 10.8 Å². The van der Waals surface area contributed by atoms with Crippen LogP contribution in [0.4, 0.5) is 9.80 Å². The van der Waals surface area contributed by atoms with Crippen LogP contribution in [-0.2, 0) is 0 Å². The number of carbonyl (C=O) groups is 1. The van der Waals surface area contributed by atoms with Gasteiger partial charge in [-0.2, -0.15) is 0 Å². The first-order valence-corrected chi connectivity index (χ1v) is 7.52. The van der Waals surface area contributed by atoms with Gasteiger partial charge >= 0.3 is 6.03 Å². The van der Waals surface area contributed by atoms with E-state index >= 15 is 0 Å². The van der Waals surface area contributed by atoms with Gasteiger partial charge in [0.2, 0.25) is 0 Å². The normalized spacial score (nSPS) is 15.3. The first kappa shape index (κ1) is 13.8. The second-order valence-corrected chi connectivity index (χ2v) is 5.75. The second-order valence-electron chi connectivity index (χ2n) is 4.97. The van der Waals surface area contributed by atoms with Gasteiger partial charge in [-0.25, -0.2) is 4.79 Å². The topological polar surface area (TPSA) is 76.1 Å². The number of amides is 2. The van der Waals surface area contributed by atoms with E-state index in [0.29, 0.717) is 10.9 Å². The quantitative estimate of drug-likeness (QED) is 0.890. The summed E-state index contributed by atoms with van der Waals surface area (Å²) in [6.45, 7) is 0. The molecule has 1 atom stereocenters. The van der Waals surface area contributed by atoms with Crippen LogP contribution in [0.1, 0.15) is 24.4 Å². The number of anilines is 1. The molecule has 0 spiro atoms. The fraction of sp³-hybridized carbons (Fsp3) is 0.357. The van der Waals surface area contributed by atoms with Crippen LogP contribution >= 0.6 is 11.5 Å². The summed E-state index contributed by atoms with van der Waals surface area (Å²) >= 11 is 1.15. The van der Waals surface area contributed by atoms with E-state index in [1.165, 1.54) is 6.20 Å². The lowest BCUT2D eigenvalue weighted by atomic mass is 10.0. The van der Waals surface area contributed by atoms with Crippen molar-refractivity contribution in [1.82, 2.24) is 14.9 Å². The standard InChI is InChI=1S/C14H16N4O2S/c1-20-11-6-4-10(5-7-11)13(9-2-3-9)17-14(19)16-12-8-15-18-21-12/h4-9,13H,2-3H2,1H3,(H2,16,17,19). The number of benzene rings is 1. The predicted molar refractivity (Wildman–Crippen MR) is 80.5 cm³/mol. The molecule has 2 N–H and O–H groups in total. The van der Waals surface area contributed by atoms with E-state index in [4.69, 9.17) is 4.74 Å². The molecule has 1 aliphatic rings. The van der Waals surface area contributed by atoms with Gasteiger partial charge in [0.15, 0.2) is 0 Å². The lowest BCUT2D eigenvalue weighted by molar-refractivity contribution is 0.247. The molecule has 1 aliphatic carbocycles. The average molecular weight is 304 g/mol. The molecule has 3 rings (SSSR count). The molecule has 0 saturated heterocycles. The SMILES string of the molecule is COc1ccc(C(NC(=O)Nc2cnns2)C2CC2)cc1. The first-order chi connectivity index (χ1) is 10.3. The molecule has 1 heterocycles. The van der Waals surface area contributed by atoms with Crippen molar-refractivity contribution in [2.24, 2.45) is 5.92 Å². The molecular formula is C14H16N4O2S. The monoisotopic (exact) mass is 304 g/mol. The molecule has 1 saturated carbocycles. The molecule has 110 valence electrons. The van der Waals surface area contributed by atoms with Gasteiger partial charge in [0.25, 0.3) is 0 Å². The Balaban J connectivity index is 1.67. The Kier molecular flexibility index (Phi) is 4.01. The van der Waals surface area contributed by atoms with Crippen LogP contribution < -0.4 is 15.4 Å². The third-order valence-corrected chi connectivity index (χ3v) is 4.03. The summed E-state index contributed by atoms with van der Waals surface area (Å²) in [4.78, 5) is 12.1. The Bertz CT molecular complexity index is 596. The molecule has 2 aromatic rings. The fourth-order valence-electron chi connectivity index (χ4n) is 2.23. The summed E-state index contributed by atoms with van der Waals surface area (Å²) in [6, 6.07) is 7.62. The van der Waals surface area contributed by atoms with Crippen LogP contribution in [0.5, 0.6) is 5.75 Å². The zero-order chi connectivity index (χ0) is 14.7. The molecule has 6 nitrogen and oxygen atoms in total. The number of nitrogens with zero attached hydrogens (tertiary/aromatic N) is 2. The Hall–Kier alpha value is -2.15. The van der Waals surface area contributed by atoms with Crippen molar-refractivity contribution >= 4 is 22.6 Å². The third kappa shape index (κ3) is 3.49. The number of hydrogen-bond acceptors (Lipinski definition) is 5. The molecule has 1 aromatic carbocycles. The minimum Gasteiger partial charge on any atom is -0.497 e.